The molecule has 1 heterocycles. The quantitative estimate of drug-likeness (QED) is 0.833. The van der Waals surface area contributed by atoms with E-state index in [2.05, 4.69) is 34.1 Å². The second-order valence-corrected chi connectivity index (χ2v) is 6.74. The van der Waals surface area contributed by atoms with Gasteiger partial charge in [-0.05, 0) is 36.8 Å². The molecule has 0 bridgehead atoms. The molecule has 3 nitrogen and oxygen atoms in total. The van der Waals surface area contributed by atoms with Gasteiger partial charge in [0.1, 0.15) is 0 Å². The van der Waals surface area contributed by atoms with Crippen molar-refractivity contribution >= 4 is 5.91 Å². The number of benzene rings is 1. The van der Waals surface area contributed by atoms with Crippen molar-refractivity contribution in [2.24, 2.45) is 5.92 Å². The molecular formula is C18H24N2O. The fourth-order valence-corrected chi connectivity index (χ4v) is 4.08. The first-order valence-corrected chi connectivity index (χ1v) is 8.43. The van der Waals surface area contributed by atoms with Gasteiger partial charge in [-0.25, -0.2) is 0 Å². The standard InChI is InChI=1S/C18H24N2O/c21-18(15-5-3-6-15)20-12-10-19(11-13-20)17-9-8-14-4-1-2-7-16(14)17/h1-2,4,7,15,17H,3,5-6,8-13H2. The zero-order valence-electron chi connectivity index (χ0n) is 12.6. The van der Waals surface area contributed by atoms with Gasteiger partial charge in [-0.3, -0.25) is 9.69 Å². The summed E-state index contributed by atoms with van der Waals surface area (Å²) in [4.78, 5) is 17.0. The van der Waals surface area contributed by atoms with E-state index < -0.39 is 0 Å². The number of rotatable bonds is 2. The minimum atomic E-state index is 0.351. The van der Waals surface area contributed by atoms with E-state index in [1.54, 1.807) is 0 Å². The van der Waals surface area contributed by atoms with Crippen LogP contribution in [0.4, 0.5) is 0 Å². The van der Waals surface area contributed by atoms with Crippen LogP contribution in [0, 0.1) is 5.92 Å². The van der Waals surface area contributed by atoms with E-state index in [-0.39, 0.29) is 0 Å². The lowest BCUT2D eigenvalue weighted by Gasteiger charge is -2.40. The summed E-state index contributed by atoms with van der Waals surface area (Å²) >= 11 is 0. The van der Waals surface area contributed by atoms with E-state index in [0.29, 0.717) is 17.9 Å². The molecule has 2 aliphatic carbocycles. The summed E-state index contributed by atoms with van der Waals surface area (Å²) in [5.41, 5.74) is 3.05. The van der Waals surface area contributed by atoms with E-state index in [9.17, 15) is 4.79 Å². The molecule has 4 rings (SSSR count). The largest absolute Gasteiger partial charge is 0.340 e. The molecule has 3 aliphatic rings. The zero-order chi connectivity index (χ0) is 14.2. The predicted octanol–water partition coefficient (Wildman–Crippen LogP) is 2.62. The maximum atomic E-state index is 12.3. The lowest BCUT2D eigenvalue weighted by Crippen LogP contribution is -2.51. The highest BCUT2D eigenvalue weighted by molar-refractivity contribution is 5.79. The normalized spacial score (nSPS) is 26.5. The van der Waals surface area contributed by atoms with Crippen LogP contribution in [-0.2, 0) is 11.2 Å². The topological polar surface area (TPSA) is 23.6 Å². The van der Waals surface area contributed by atoms with Crippen molar-refractivity contribution in [3.63, 3.8) is 0 Å². The summed E-state index contributed by atoms with van der Waals surface area (Å²) < 4.78 is 0. The molecular weight excluding hydrogens is 260 g/mol. The van der Waals surface area contributed by atoms with Gasteiger partial charge in [0.15, 0.2) is 0 Å². The van der Waals surface area contributed by atoms with Crippen molar-refractivity contribution in [3.05, 3.63) is 35.4 Å². The van der Waals surface area contributed by atoms with Gasteiger partial charge < -0.3 is 4.90 Å². The fourth-order valence-electron chi connectivity index (χ4n) is 4.08. The number of hydrogen-bond donors (Lipinski definition) is 0. The molecule has 1 atom stereocenters. The highest BCUT2D eigenvalue weighted by Gasteiger charge is 2.34. The summed E-state index contributed by atoms with van der Waals surface area (Å²) in [5.74, 6) is 0.775. The third kappa shape index (κ3) is 2.38. The summed E-state index contributed by atoms with van der Waals surface area (Å²) in [6.07, 6.45) is 5.94. The summed E-state index contributed by atoms with van der Waals surface area (Å²) in [6, 6.07) is 9.45. The van der Waals surface area contributed by atoms with Gasteiger partial charge >= 0.3 is 0 Å². The third-order valence-corrected chi connectivity index (χ3v) is 5.62. The van der Waals surface area contributed by atoms with Gasteiger partial charge in [0.25, 0.3) is 0 Å². The Bertz CT molecular complexity index is 530. The highest BCUT2D eigenvalue weighted by Crippen LogP contribution is 2.36. The van der Waals surface area contributed by atoms with Gasteiger partial charge in [0, 0.05) is 38.1 Å². The molecule has 3 heteroatoms. The molecule has 21 heavy (non-hydrogen) atoms. The number of carbonyl (C=O) groups is 1. The lowest BCUT2D eigenvalue weighted by molar-refractivity contribution is -0.140. The van der Waals surface area contributed by atoms with E-state index in [4.69, 9.17) is 0 Å². The van der Waals surface area contributed by atoms with E-state index in [0.717, 1.165) is 39.0 Å². The maximum absolute atomic E-state index is 12.3. The van der Waals surface area contributed by atoms with Crippen LogP contribution in [0.25, 0.3) is 0 Å². The van der Waals surface area contributed by atoms with Crippen LogP contribution in [0.2, 0.25) is 0 Å². The van der Waals surface area contributed by atoms with E-state index >= 15 is 0 Å². The molecule has 112 valence electrons. The average Bonchev–Trinajstić information content (AvgIpc) is 2.89. The number of carbonyl (C=O) groups excluding carboxylic acids is 1. The minimum Gasteiger partial charge on any atom is -0.340 e. The number of amides is 1. The number of aryl methyl sites for hydroxylation is 1. The van der Waals surface area contributed by atoms with Crippen molar-refractivity contribution in [1.29, 1.82) is 0 Å². The molecule has 1 aromatic rings. The third-order valence-electron chi connectivity index (χ3n) is 5.62. The van der Waals surface area contributed by atoms with Gasteiger partial charge in [0.2, 0.25) is 5.91 Å². The van der Waals surface area contributed by atoms with Crippen LogP contribution in [0.5, 0.6) is 0 Å². The van der Waals surface area contributed by atoms with Gasteiger partial charge in [-0.15, -0.1) is 0 Å². The molecule has 2 fully saturated rings. The van der Waals surface area contributed by atoms with Crippen molar-refractivity contribution in [2.75, 3.05) is 26.2 Å². The fraction of sp³-hybridized carbons (Fsp3) is 0.611. The Labute approximate surface area is 126 Å². The first-order chi connectivity index (χ1) is 10.3. The smallest absolute Gasteiger partial charge is 0.225 e. The summed E-state index contributed by atoms with van der Waals surface area (Å²) in [6.45, 7) is 3.93. The zero-order valence-corrected chi connectivity index (χ0v) is 12.6. The molecule has 1 saturated heterocycles. The van der Waals surface area contributed by atoms with E-state index in [1.807, 2.05) is 0 Å². The monoisotopic (exact) mass is 284 g/mol. The van der Waals surface area contributed by atoms with Crippen molar-refractivity contribution in [2.45, 2.75) is 38.1 Å². The van der Waals surface area contributed by atoms with Crippen LogP contribution < -0.4 is 0 Å². The molecule has 0 spiro atoms. The SMILES string of the molecule is O=C(C1CCC1)N1CCN(C2CCc3ccccc32)CC1. The Balaban J connectivity index is 1.38. The molecule has 1 aliphatic heterocycles. The number of piperazine rings is 1. The van der Waals surface area contributed by atoms with Gasteiger partial charge in [-0.1, -0.05) is 30.7 Å². The Morgan fingerprint density at radius 2 is 1.76 bits per heavy atom. The maximum Gasteiger partial charge on any atom is 0.225 e. The van der Waals surface area contributed by atoms with Gasteiger partial charge in [0.05, 0.1) is 0 Å². The molecule has 1 unspecified atom stereocenters. The molecule has 0 aromatic heterocycles. The molecule has 0 radical (unpaired) electrons. The highest BCUT2D eigenvalue weighted by atomic mass is 16.2. The average molecular weight is 284 g/mol. The lowest BCUT2D eigenvalue weighted by atomic mass is 9.84. The van der Waals surface area contributed by atoms with Crippen LogP contribution >= 0.6 is 0 Å². The van der Waals surface area contributed by atoms with Crippen LogP contribution in [0.3, 0.4) is 0 Å². The molecule has 1 aromatic carbocycles. The second-order valence-electron chi connectivity index (χ2n) is 6.74. The van der Waals surface area contributed by atoms with Crippen LogP contribution in [0.15, 0.2) is 24.3 Å². The first kappa shape index (κ1) is 13.3. The first-order valence-electron chi connectivity index (χ1n) is 8.43. The Morgan fingerprint density at radius 3 is 2.48 bits per heavy atom. The molecule has 1 saturated carbocycles. The molecule has 1 amide bonds. The Kier molecular flexibility index (Phi) is 3.46. The summed E-state index contributed by atoms with van der Waals surface area (Å²) in [7, 11) is 0. The summed E-state index contributed by atoms with van der Waals surface area (Å²) in [5, 5.41) is 0. The van der Waals surface area contributed by atoms with Crippen molar-refractivity contribution in [1.82, 2.24) is 9.80 Å². The van der Waals surface area contributed by atoms with Crippen LogP contribution in [0.1, 0.15) is 42.9 Å². The predicted molar refractivity (Wildman–Crippen MR) is 83.0 cm³/mol. The Hall–Kier alpha value is -1.35. The second kappa shape index (κ2) is 5.45. The van der Waals surface area contributed by atoms with E-state index in [1.165, 1.54) is 30.4 Å². The number of nitrogens with zero attached hydrogens (tertiary/aromatic N) is 2. The number of hydrogen-bond acceptors (Lipinski definition) is 2. The minimum absolute atomic E-state index is 0.351. The molecule has 0 N–H and O–H groups in total. The van der Waals surface area contributed by atoms with Crippen LogP contribution in [-0.4, -0.2) is 41.9 Å². The van der Waals surface area contributed by atoms with Crippen molar-refractivity contribution < 1.29 is 4.79 Å². The van der Waals surface area contributed by atoms with Crippen molar-refractivity contribution in [3.8, 4) is 0 Å². The number of fused-ring (bicyclic) bond motifs is 1. The Morgan fingerprint density at radius 1 is 1.00 bits per heavy atom. The van der Waals surface area contributed by atoms with Gasteiger partial charge in [-0.2, -0.15) is 0 Å².